The molecule has 0 aliphatic heterocycles. The van der Waals surface area contributed by atoms with E-state index in [1.807, 2.05) is 20.8 Å². The normalized spacial score (nSPS) is 12.5. The number of hydrogen-bond acceptors (Lipinski definition) is 5. The van der Waals surface area contributed by atoms with Crippen LogP contribution in [0.1, 0.15) is 50.7 Å². The summed E-state index contributed by atoms with van der Waals surface area (Å²) in [5.74, 6) is 0.514. The van der Waals surface area contributed by atoms with Gasteiger partial charge in [-0.3, -0.25) is 4.79 Å². The SMILES string of the molecule is Cc1nc(C)c(C(=O)NC(C)c2nc(C)sc2C)o1. The highest BCUT2D eigenvalue weighted by atomic mass is 32.1. The van der Waals surface area contributed by atoms with Gasteiger partial charge in [0.25, 0.3) is 5.91 Å². The second kappa shape index (κ2) is 5.13. The predicted octanol–water partition coefficient (Wildman–Crippen LogP) is 2.86. The van der Waals surface area contributed by atoms with Gasteiger partial charge in [-0.1, -0.05) is 0 Å². The molecule has 2 aromatic rings. The highest BCUT2D eigenvalue weighted by molar-refractivity contribution is 7.11. The maximum absolute atomic E-state index is 12.1. The van der Waals surface area contributed by atoms with E-state index < -0.39 is 0 Å². The van der Waals surface area contributed by atoms with Crippen LogP contribution in [0.5, 0.6) is 0 Å². The van der Waals surface area contributed by atoms with Crippen LogP contribution in [-0.2, 0) is 0 Å². The topological polar surface area (TPSA) is 68.0 Å². The molecule has 0 bridgehead atoms. The Labute approximate surface area is 116 Å². The first-order valence-electron chi connectivity index (χ1n) is 6.07. The van der Waals surface area contributed by atoms with Gasteiger partial charge in [0.1, 0.15) is 0 Å². The third-order valence-corrected chi connectivity index (χ3v) is 3.71. The molecule has 0 fully saturated rings. The first kappa shape index (κ1) is 13.7. The summed E-state index contributed by atoms with van der Waals surface area (Å²) >= 11 is 1.63. The predicted molar refractivity (Wildman–Crippen MR) is 73.4 cm³/mol. The number of aryl methyl sites for hydroxylation is 4. The molecule has 6 heteroatoms. The standard InChI is InChI=1S/C13H17N3O2S/c1-6(11-8(3)19-10(5)16-11)15-13(17)12-7(2)14-9(4)18-12/h6H,1-5H3,(H,15,17). The molecule has 102 valence electrons. The van der Waals surface area contributed by atoms with E-state index in [1.165, 1.54) is 0 Å². The van der Waals surface area contributed by atoms with Gasteiger partial charge in [-0.2, -0.15) is 0 Å². The Bertz CT molecular complexity index is 615. The van der Waals surface area contributed by atoms with Crippen molar-refractivity contribution in [2.75, 3.05) is 0 Å². The molecule has 0 aliphatic rings. The summed E-state index contributed by atoms with van der Waals surface area (Å²) in [5, 5.41) is 3.89. The van der Waals surface area contributed by atoms with Crippen LogP contribution in [-0.4, -0.2) is 15.9 Å². The van der Waals surface area contributed by atoms with Crippen LogP contribution in [0.25, 0.3) is 0 Å². The van der Waals surface area contributed by atoms with E-state index in [0.29, 0.717) is 11.6 Å². The molecule has 0 aromatic carbocycles. The Morgan fingerprint density at radius 1 is 1.26 bits per heavy atom. The van der Waals surface area contributed by atoms with Crippen molar-refractivity contribution in [3.8, 4) is 0 Å². The lowest BCUT2D eigenvalue weighted by atomic mass is 10.2. The molecule has 1 atom stereocenters. The molecule has 0 aliphatic carbocycles. The number of rotatable bonds is 3. The first-order chi connectivity index (χ1) is 8.88. The van der Waals surface area contributed by atoms with Crippen LogP contribution < -0.4 is 5.32 Å². The average Bonchev–Trinajstić information content (AvgIpc) is 2.81. The van der Waals surface area contributed by atoms with Gasteiger partial charge in [0.2, 0.25) is 5.76 Å². The number of nitrogens with one attached hydrogen (secondary N) is 1. The fraction of sp³-hybridized carbons (Fsp3) is 0.462. The number of carbonyl (C=O) groups excluding carboxylic acids is 1. The van der Waals surface area contributed by atoms with Crippen LogP contribution in [0, 0.1) is 27.7 Å². The van der Waals surface area contributed by atoms with E-state index >= 15 is 0 Å². The molecule has 1 amide bonds. The lowest BCUT2D eigenvalue weighted by molar-refractivity contribution is 0.0909. The Morgan fingerprint density at radius 2 is 1.95 bits per heavy atom. The summed E-state index contributed by atoms with van der Waals surface area (Å²) in [6.45, 7) is 9.36. The van der Waals surface area contributed by atoms with Gasteiger partial charge >= 0.3 is 0 Å². The van der Waals surface area contributed by atoms with E-state index in [1.54, 1.807) is 25.2 Å². The minimum absolute atomic E-state index is 0.151. The lowest BCUT2D eigenvalue weighted by Gasteiger charge is -2.11. The number of thiazole rings is 1. The van der Waals surface area contributed by atoms with Crippen molar-refractivity contribution in [2.24, 2.45) is 0 Å². The van der Waals surface area contributed by atoms with Gasteiger partial charge in [-0.25, -0.2) is 9.97 Å². The van der Waals surface area contributed by atoms with E-state index in [-0.39, 0.29) is 17.7 Å². The zero-order valence-electron chi connectivity index (χ0n) is 11.7. The zero-order chi connectivity index (χ0) is 14.2. The van der Waals surface area contributed by atoms with Gasteiger partial charge in [0.15, 0.2) is 5.89 Å². The van der Waals surface area contributed by atoms with Gasteiger partial charge in [0, 0.05) is 11.8 Å². The van der Waals surface area contributed by atoms with Crippen molar-refractivity contribution < 1.29 is 9.21 Å². The number of amides is 1. The van der Waals surface area contributed by atoms with Crippen molar-refractivity contribution in [3.63, 3.8) is 0 Å². The zero-order valence-corrected chi connectivity index (χ0v) is 12.5. The smallest absolute Gasteiger partial charge is 0.289 e. The average molecular weight is 279 g/mol. The molecule has 2 aromatic heterocycles. The fourth-order valence-electron chi connectivity index (χ4n) is 2.02. The molecule has 2 heterocycles. The Hall–Kier alpha value is -1.69. The fourth-order valence-corrected chi connectivity index (χ4v) is 2.93. The van der Waals surface area contributed by atoms with Crippen LogP contribution in [0.15, 0.2) is 4.42 Å². The molecule has 5 nitrogen and oxygen atoms in total. The minimum atomic E-state index is -0.254. The van der Waals surface area contributed by atoms with Crippen molar-refractivity contribution in [3.05, 3.63) is 32.9 Å². The number of hydrogen-bond donors (Lipinski definition) is 1. The molecular formula is C13H17N3O2S. The Balaban J connectivity index is 2.15. The summed E-state index contributed by atoms with van der Waals surface area (Å²) < 4.78 is 5.31. The molecule has 2 rings (SSSR count). The third kappa shape index (κ3) is 2.84. The van der Waals surface area contributed by atoms with E-state index in [9.17, 15) is 4.79 Å². The molecule has 19 heavy (non-hydrogen) atoms. The van der Waals surface area contributed by atoms with Crippen molar-refractivity contribution in [2.45, 2.75) is 40.7 Å². The maximum atomic E-state index is 12.1. The molecule has 0 saturated carbocycles. The van der Waals surface area contributed by atoms with E-state index in [4.69, 9.17) is 4.42 Å². The van der Waals surface area contributed by atoms with Crippen LogP contribution in [0.4, 0.5) is 0 Å². The van der Waals surface area contributed by atoms with Crippen LogP contribution in [0.2, 0.25) is 0 Å². The molecule has 1 unspecified atom stereocenters. The van der Waals surface area contributed by atoms with Crippen LogP contribution >= 0.6 is 11.3 Å². The molecule has 1 N–H and O–H groups in total. The number of aromatic nitrogens is 2. The number of nitrogens with zero attached hydrogens (tertiary/aromatic N) is 2. The van der Waals surface area contributed by atoms with Gasteiger partial charge in [-0.05, 0) is 27.7 Å². The summed E-state index contributed by atoms with van der Waals surface area (Å²) in [6.07, 6.45) is 0. The van der Waals surface area contributed by atoms with E-state index in [2.05, 4.69) is 15.3 Å². The van der Waals surface area contributed by atoms with Gasteiger partial charge in [0.05, 0.1) is 22.4 Å². The van der Waals surface area contributed by atoms with Gasteiger partial charge in [-0.15, -0.1) is 11.3 Å². The quantitative estimate of drug-likeness (QED) is 0.938. The lowest BCUT2D eigenvalue weighted by Crippen LogP contribution is -2.27. The first-order valence-corrected chi connectivity index (χ1v) is 6.89. The molecule has 0 spiro atoms. The van der Waals surface area contributed by atoms with Crippen molar-refractivity contribution in [1.29, 1.82) is 0 Å². The monoisotopic (exact) mass is 279 g/mol. The van der Waals surface area contributed by atoms with Crippen LogP contribution in [0.3, 0.4) is 0 Å². The summed E-state index contributed by atoms with van der Waals surface area (Å²) in [7, 11) is 0. The van der Waals surface area contributed by atoms with Crippen molar-refractivity contribution in [1.82, 2.24) is 15.3 Å². The largest absolute Gasteiger partial charge is 0.436 e. The second-order valence-corrected chi connectivity index (χ2v) is 5.92. The second-order valence-electron chi connectivity index (χ2n) is 4.52. The number of oxazole rings is 1. The summed E-state index contributed by atoms with van der Waals surface area (Å²) in [5.41, 5.74) is 1.51. The minimum Gasteiger partial charge on any atom is -0.436 e. The Kier molecular flexibility index (Phi) is 3.71. The summed E-state index contributed by atoms with van der Waals surface area (Å²) in [4.78, 5) is 21.8. The highest BCUT2D eigenvalue weighted by Crippen LogP contribution is 2.23. The molecular weight excluding hydrogens is 262 g/mol. The third-order valence-electron chi connectivity index (χ3n) is 2.81. The van der Waals surface area contributed by atoms with Crippen molar-refractivity contribution >= 4 is 17.2 Å². The summed E-state index contributed by atoms with van der Waals surface area (Å²) in [6, 6.07) is -0.151. The number of carbonyl (C=O) groups is 1. The van der Waals surface area contributed by atoms with E-state index in [0.717, 1.165) is 15.6 Å². The Morgan fingerprint density at radius 3 is 2.42 bits per heavy atom. The van der Waals surface area contributed by atoms with Gasteiger partial charge < -0.3 is 9.73 Å². The maximum Gasteiger partial charge on any atom is 0.289 e. The molecule has 0 saturated heterocycles. The molecule has 0 radical (unpaired) electrons. The highest BCUT2D eigenvalue weighted by Gasteiger charge is 2.20.